The van der Waals surface area contributed by atoms with Gasteiger partial charge in [0.25, 0.3) is 0 Å². The molecule has 3 heteroatoms. The van der Waals surface area contributed by atoms with Crippen LogP contribution in [0, 0.1) is 7.43 Å². The fraction of sp³-hybridized carbons (Fsp3) is 0. The van der Waals surface area contributed by atoms with E-state index in [1.807, 2.05) is 0 Å². The van der Waals surface area contributed by atoms with Crippen molar-refractivity contribution in [3.05, 3.63) is 7.43 Å². The molecule has 0 radical (unpaired) electrons. The number of hydrogen-bond donors (Lipinski definition) is 0. The van der Waals surface area contributed by atoms with Crippen LogP contribution in [0.2, 0.25) is 0 Å². The molecule has 0 aromatic heterocycles. The summed E-state index contributed by atoms with van der Waals surface area (Å²) in [5.74, 6) is 0. The van der Waals surface area contributed by atoms with Crippen molar-refractivity contribution < 1.29 is 71.5 Å². The van der Waals surface area contributed by atoms with Crippen molar-refractivity contribution in [3.8, 4) is 0 Å². The van der Waals surface area contributed by atoms with Gasteiger partial charge in [-0.25, -0.2) is 0 Å². The van der Waals surface area contributed by atoms with E-state index in [2.05, 4.69) is 0 Å². The molecular formula is CH3ClNa2. The minimum absolute atomic E-state index is 0. The average molecular weight is 96.5 g/mol. The molecule has 0 atom stereocenters. The van der Waals surface area contributed by atoms with Crippen molar-refractivity contribution >= 4 is 0 Å². The molecular weight excluding hydrogens is 93.4 g/mol. The van der Waals surface area contributed by atoms with E-state index < -0.39 is 0 Å². The van der Waals surface area contributed by atoms with Crippen molar-refractivity contribution in [2.24, 2.45) is 0 Å². The van der Waals surface area contributed by atoms with Gasteiger partial charge in [-0.2, -0.15) is 0 Å². The number of rotatable bonds is 0. The summed E-state index contributed by atoms with van der Waals surface area (Å²) in [6, 6.07) is 0. The first kappa shape index (κ1) is 33.6. The van der Waals surface area contributed by atoms with Gasteiger partial charge in [0.1, 0.15) is 0 Å². The molecule has 0 fully saturated rings. The van der Waals surface area contributed by atoms with Crippen molar-refractivity contribution in [3.63, 3.8) is 0 Å². The second kappa shape index (κ2) is 18.6. The molecule has 0 aliphatic rings. The normalized spacial score (nSPS) is 0. The Labute approximate surface area is 77.7 Å². The first-order valence-corrected chi connectivity index (χ1v) is 0. The standard InChI is InChI=1S/CH3.ClH.2Na/h1H3;1H;;/q-1;;2*+1/p-1. The van der Waals surface area contributed by atoms with Crippen LogP contribution in [0.3, 0.4) is 0 Å². The van der Waals surface area contributed by atoms with Crippen LogP contribution in [-0.4, -0.2) is 0 Å². The summed E-state index contributed by atoms with van der Waals surface area (Å²) < 4.78 is 0. The second-order valence-corrected chi connectivity index (χ2v) is 0. The smallest absolute Gasteiger partial charge is 1.00 e. The second-order valence-electron chi connectivity index (χ2n) is 0. The zero-order valence-corrected chi connectivity index (χ0v) is 8.13. The summed E-state index contributed by atoms with van der Waals surface area (Å²) in [7, 11) is 0. The molecule has 0 saturated heterocycles. The molecule has 0 aromatic carbocycles. The van der Waals surface area contributed by atoms with Gasteiger partial charge in [-0.3, -0.25) is 0 Å². The maximum atomic E-state index is 0. The van der Waals surface area contributed by atoms with Gasteiger partial charge >= 0.3 is 59.1 Å². The molecule has 0 aliphatic heterocycles. The van der Waals surface area contributed by atoms with E-state index >= 15 is 0 Å². The molecule has 0 saturated carbocycles. The number of halogens is 1. The van der Waals surface area contributed by atoms with Gasteiger partial charge in [0.05, 0.1) is 0 Å². The van der Waals surface area contributed by atoms with Crippen LogP contribution in [0.25, 0.3) is 0 Å². The molecule has 0 heterocycles. The third kappa shape index (κ3) is 8.85. The molecule has 0 aromatic rings. The molecule has 0 aliphatic carbocycles. The van der Waals surface area contributed by atoms with Gasteiger partial charge in [0.2, 0.25) is 0 Å². The van der Waals surface area contributed by atoms with E-state index in [0.717, 1.165) is 0 Å². The fourth-order valence-corrected chi connectivity index (χ4v) is 0. The maximum absolute atomic E-state index is 0. The van der Waals surface area contributed by atoms with E-state index in [0.29, 0.717) is 0 Å². The first-order chi connectivity index (χ1) is 0. The van der Waals surface area contributed by atoms with E-state index in [-0.39, 0.29) is 78.9 Å². The molecule has 0 spiro atoms. The topological polar surface area (TPSA) is 0 Å². The predicted octanol–water partition coefficient (Wildman–Crippen LogP) is -8.54. The van der Waals surface area contributed by atoms with Crippen LogP contribution < -0.4 is 71.5 Å². The largest absolute Gasteiger partial charge is 1.00 e. The Morgan fingerprint density at radius 3 is 0.750 bits per heavy atom. The van der Waals surface area contributed by atoms with Gasteiger partial charge in [0.15, 0.2) is 0 Å². The van der Waals surface area contributed by atoms with Gasteiger partial charge in [-0.1, -0.05) is 0 Å². The summed E-state index contributed by atoms with van der Waals surface area (Å²) in [4.78, 5) is 0. The maximum Gasteiger partial charge on any atom is 1.00 e. The van der Waals surface area contributed by atoms with Gasteiger partial charge in [-0.05, 0) is 0 Å². The van der Waals surface area contributed by atoms with Crippen molar-refractivity contribution in [1.29, 1.82) is 0 Å². The summed E-state index contributed by atoms with van der Waals surface area (Å²) in [5.41, 5.74) is 0. The van der Waals surface area contributed by atoms with Gasteiger partial charge in [0, 0.05) is 0 Å². The third-order valence-electron chi connectivity index (χ3n) is 0. The van der Waals surface area contributed by atoms with Crippen LogP contribution in [0.5, 0.6) is 0 Å². The molecule has 0 unspecified atom stereocenters. The average Bonchev–Trinajstić information content (AvgIpc) is 0. The first-order valence-electron chi connectivity index (χ1n) is 0. The van der Waals surface area contributed by atoms with E-state index in [9.17, 15) is 0 Å². The Kier molecular flexibility index (Phi) is 156. The Bertz CT molecular complexity index is 6.00. The molecule has 0 amide bonds. The molecule has 4 heavy (non-hydrogen) atoms. The zero-order valence-electron chi connectivity index (χ0n) is 3.38. The SMILES string of the molecule is [CH3-].[Cl-].[Na+].[Na+]. The zero-order chi connectivity index (χ0) is 0. The molecule has 16 valence electrons. The predicted molar refractivity (Wildman–Crippen MR) is 6.41 cm³/mol. The minimum atomic E-state index is 0. The summed E-state index contributed by atoms with van der Waals surface area (Å²) in [6.45, 7) is 0. The molecule has 0 nitrogen and oxygen atoms in total. The van der Waals surface area contributed by atoms with E-state index in [1.165, 1.54) is 0 Å². The van der Waals surface area contributed by atoms with Crippen LogP contribution in [-0.2, 0) is 0 Å². The van der Waals surface area contributed by atoms with Crippen molar-refractivity contribution in [2.75, 3.05) is 0 Å². The van der Waals surface area contributed by atoms with Crippen LogP contribution in [0.1, 0.15) is 0 Å². The number of hydrogen-bond acceptors (Lipinski definition) is 0. The van der Waals surface area contributed by atoms with Crippen LogP contribution in [0.15, 0.2) is 0 Å². The van der Waals surface area contributed by atoms with E-state index in [4.69, 9.17) is 0 Å². The Morgan fingerprint density at radius 2 is 0.750 bits per heavy atom. The molecule has 0 rings (SSSR count). The minimum Gasteiger partial charge on any atom is -1.00 e. The van der Waals surface area contributed by atoms with Gasteiger partial charge in [-0.15, -0.1) is 0 Å². The van der Waals surface area contributed by atoms with Gasteiger partial charge < -0.3 is 19.8 Å². The quantitative estimate of drug-likeness (QED) is 0.208. The third-order valence-corrected chi connectivity index (χ3v) is 0. The van der Waals surface area contributed by atoms with E-state index in [1.54, 1.807) is 0 Å². The van der Waals surface area contributed by atoms with Crippen LogP contribution in [0.4, 0.5) is 0 Å². The molecule has 0 N–H and O–H groups in total. The molecule has 0 bridgehead atoms. The van der Waals surface area contributed by atoms with Crippen LogP contribution >= 0.6 is 0 Å². The monoisotopic (exact) mass is 96.0 g/mol. The Hall–Kier alpha value is 2.29. The Morgan fingerprint density at radius 1 is 0.750 bits per heavy atom. The Balaban J connectivity index is 0. The summed E-state index contributed by atoms with van der Waals surface area (Å²) >= 11 is 0. The summed E-state index contributed by atoms with van der Waals surface area (Å²) in [6.07, 6.45) is 0. The fourth-order valence-electron chi connectivity index (χ4n) is 0. The van der Waals surface area contributed by atoms with Crippen molar-refractivity contribution in [1.82, 2.24) is 0 Å². The van der Waals surface area contributed by atoms with Crippen molar-refractivity contribution in [2.45, 2.75) is 0 Å². The summed E-state index contributed by atoms with van der Waals surface area (Å²) in [5, 5.41) is 0.